The number of carbonyl (C=O) groups excluding carboxylic acids is 4. The van der Waals surface area contributed by atoms with E-state index in [1.54, 1.807) is 13.8 Å². The SMILES string of the molecule is CCC1(C)NC(=O)N(CC(=O)NCC(N)=O)C1=O. The fourth-order valence-electron chi connectivity index (χ4n) is 1.52. The average Bonchev–Trinajstić information content (AvgIpc) is 2.51. The van der Waals surface area contributed by atoms with Crippen LogP contribution in [-0.4, -0.2) is 47.3 Å². The third-order valence-corrected chi connectivity index (χ3v) is 2.81. The number of nitrogens with two attached hydrogens (primary N) is 1. The molecule has 0 aromatic carbocycles. The molecule has 0 bridgehead atoms. The van der Waals surface area contributed by atoms with Crippen LogP contribution in [0.4, 0.5) is 4.79 Å². The number of urea groups is 1. The minimum Gasteiger partial charge on any atom is -0.368 e. The first-order valence-corrected chi connectivity index (χ1v) is 5.49. The van der Waals surface area contributed by atoms with E-state index in [-0.39, 0.29) is 6.54 Å². The maximum absolute atomic E-state index is 11.9. The van der Waals surface area contributed by atoms with E-state index in [4.69, 9.17) is 5.73 Å². The van der Waals surface area contributed by atoms with Crippen LogP contribution in [0.3, 0.4) is 0 Å². The molecule has 8 heteroatoms. The van der Waals surface area contributed by atoms with Gasteiger partial charge in [0.15, 0.2) is 0 Å². The average molecular weight is 256 g/mol. The first-order valence-electron chi connectivity index (χ1n) is 5.49. The lowest BCUT2D eigenvalue weighted by molar-refractivity contribution is -0.134. The van der Waals surface area contributed by atoms with Gasteiger partial charge in [-0.15, -0.1) is 0 Å². The van der Waals surface area contributed by atoms with E-state index < -0.39 is 35.8 Å². The summed E-state index contributed by atoms with van der Waals surface area (Å²) in [6.45, 7) is 2.60. The molecule has 0 saturated carbocycles. The molecule has 4 N–H and O–H groups in total. The minimum atomic E-state index is -0.971. The highest BCUT2D eigenvalue weighted by Crippen LogP contribution is 2.20. The highest BCUT2D eigenvalue weighted by molar-refractivity contribution is 6.08. The lowest BCUT2D eigenvalue weighted by Crippen LogP contribution is -2.45. The van der Waals surface area contributed by atoms with Gasteiger partial charge in [0.05, 0.1) is 6.54 Å². The van der Waals surface area contributed by atoms with E-state index in [0.29, 0.717) is 6.42 Å². The Labute approximate surface area is 104 Å². The van der Waals surface area contributed by atoms with Gasteiger partial charge in [0.25, 0.3) is 5.91 Å². The van der Waals surface area contributed by atoms with Crippen LogP contribution < -0.4 is 16.4 Å². The molecule has 5 amide bonds. The fourth-order valence-corrected chi connectivity index (χ4v) is 1.52. The quantitative estimate of drug-likeness (QED) is 0.508. The van der Waals surface area contributed by atoms with Crippen molar-refractivity contribution in [2.24, 2.45) is 5.73 Å². The normalized spacial score (nSPS) is 22.9. The first-order chi connectivity index (χ1) is 8.30. The van der Waals surface area contributed by atoms with Gasteiger partial charge in [-0.3, -0.25) is 19.3 Å². The second-order valence-corrected chi connectivity index (χ2v) is 4.25. The monoisotopic (exact) mass is 256 g/mol. The highest BCUT2D eigenvalue weighted by Gasteiger charge is 2.46. The molecule has 18 heavy (non-hydrogen) atoms. The Balaban J connectivity index is 2.63. The molecule has 1 unspecified atom stereocenters. The molecule has 1 fully saturated rings. The molecule has 1 atom stereocenters. The second kappa shape index (κ2) is 5.03. The van der Waals surface area contributed by atoms with Gasteiger partial charge in [-0.25, -0.2) is 4.79 Å². The summed E-state index contributed by atoms with van der Waals surface area (Å²) in [4.78, 5) is 46.2. The van der Waals surface area contributed by atoms with E-state index in [9.17, 15) is 19.2 Å². The van der Waals surface area contributed by atoms with Gasteiger partial charge < -0.3 is 16.4 Å². The van der Waals surface area contributed by atoms with Crippen molar-refractivity contribution in [2.45, 2.75) is 25.8 Å². The number of hydrogen-bond donors (Lipinski definition) is 3. The molecule has 0 spiro atoms. The Morgan fingerprint density at radius 3 is 2.50 bits per heavy atom. The van der Waals surface area contributed by atoms with Crippen molar-refractivity contribution in [3.8, 4) is 0 Å². The largest absolute Gasteiger partial charge is 0.368 e. The molecule has 1 aliphatic rings. The van der Waals surface area contributed by atoms with Crippen molar-refractivity contribution in [3.05, 3.63) is 0 Å². The minimum absolute atomic E-state index is 0.326. The van der Waals surface area contributed by atoms with Crippen molar-refractivity contribution in [1.29, 1.82) is 0 Å². The summed E-state index contributed by atoms with van der Waals surface area (Å²) in [6.07, 6.45) is 0.428. The Bertz CT molecular complexity index is 409. The van der Waals surface area contributed by atoms with Crippen LogP contribution >= 0.6 is 0 Å². The molecule has 1 rings (SSSR count). The number of nitrogens with zero attached hydrogens (tertiary/aromatic N) is 1. The van der Waals surface area contributed by atoms with Crippen LogP contribution in [0.5, 0.6) is 0 Å². The Hall–Kier alpha value is -2.12. The summed E-state index contributed by atoms with van der Waals surface area (Å²) in [6, 6.07) is -0.612. The van der Waals surface area contributed by atoms with Gasteiger partial charge in [-0.1, -0.05) is 6.92 Å². The molecule has 0 radical (unpaired) electrons. The van der Waals surface area contributed by atoms with E-state index in [1.165, 1.54) is 0 Å². The molecule has 1 saturated heterocycles. The number of hydrogen-bond acceptors (Lipinski definition) is 4. The van der Waals surface area contributed by atoms with Crippen LogP contribution in [0.15, 0.2) is 0 Å². The molecule has 100 valence electrons. The summed E-state index contributed by atoms with van der Waals surface area (Å²) in [5.41, 5.74) is 3.88. The van der Waals surface area contributed by atoms with Crippen LogP contribution in [0.25, 0.3) is 0 Å². The van der Waals surface area contributed by atoms with E-state index in [2.05, 4.69) is 10.6 Å². The van der Waals surface area contributed by atoms with Gasteiger partial charge in [-0.2, -0.15) is 0 Å². The maximum Gasteiger partial charge on any atom is 0.325 e. The zero-order valence-corrected chi connectivity index (χ0v) is 10.3. The Kier molecular flexibility index (Phi) is 3.89. The summed E-state index contributed by atoms with van der Waals surface area (Å²) in [5.74, 6) is -1.76. The highest BCUT2D eigenvalue weighted by atomic mass is 16.2. The third-order valence-electron chi connectivity index (χ3n) is 2.81. The van der Waals surface area contributed by atoms with Crippen molar-refractivity contribution >= 4 is 23.8 Å². The molecule has 1 heterocycles. The van der Waals surface area contributed by atoms with Gasteiger partial charge in [0.2, 0.25) is 11.8 Å². The van der Waals surface area contributed by atoms with E-state index in [0.717, 1.165) is 4.90 Å². The standard InChI is InChI=1S/C10H16N4O4/c1-3-10(2)8(17)14(9(18)13-10)5-7(16)12-4-6(11)15/h3-5H2,1-2H3,(H2,11,15)(H,12,16)(H,13,18). The summed E-state index contributed by atoms with van der Waals surface area (Å²) in [7, 11) is 0. The molecular weight excluding hydrogens is 240 g/mol. The third kappa shape index (κ3) is 2.76. The summed E-state index contributed by atoms with van der Waals surface area (Å²) < 4.78 is 0. The van der Waals surface area contributed by atoms with Crippen LogP contribution in [0.1, 0.15) is 20.3 Å². The number of carbonyl (C=O) groups is 4. The summed E-state index contributed by atoms with van der Waals surface area (Å²) in [5, 5.41) is 4.72. The van der Waals surface area contributed by atoms with E-state index in [1.807, 2.05) is 0 Å². The fraction of sp³-hybridized carbons (Fsp3) is 0.600. The van der Waals surface area contributed by atoms with Crippen molar-refractivity contribution in [2.75, 3.05) is 13.1 Å². The first kappa shape index (κ1) is 13.9. The van der Waals surface area contributed by atoms with Gasteiger partial charge >= 0.3 is 6.03 Å². The molecular formula is C10H16N4O4. The molecule has 0 aromatic rings. The molecule has 0 aromatic heterocycles. The predicted molar refractivity (Wildman–Crippen MR) is 61.1 cm³/mol. The van der Waals surface area contributed by atoms with Crippen molar-refractivity contribution in [1.82, 2.24) is 15.5 Å². The topological polar surface area (TPSA) is 122 Å². The van der Waals surface area contributed by atoms with E-state index >= 15 is 0 Å². The second-order valence-electron chi connectivity index (χ2n) is 4.25. The lowest BCUT2D eigenvalue weighted by Gasteiger charge is -2.18. The predicted octanol–water partition coefficient (Wildman–Crippen LogP) is -1.69. The zero-order chi connectivity index (χ0) is 13.9. The van der Waals surface area contributed by atoms with Crippen molar-refractivity contribution < 1.29 is 19.2 Å². The van der Waals surface area contributed by atoms with Crippen LogP contribution in [0.2, 0.25) is 0 Å². The molecule has 1 aliphatic heterocycles. The van der Waals surface area contributed by atoms with Gasteiger partial charge in [-0.05, 0) is 13.3 Å². The Morgan fingerprint density at radius 1 is 1.44 bits per heavy atom. The number of rotatable bonds is 5. The molecule has 8 nitrogen and oxygen atoms in total. The number of primary amides is 1. The van der Waals surface area contributed by atoms with Crippen molar-refractivity contribution in [3.63, 3.8) is 0 Å². The maximum atomic E-state index is 11.9. The zero-order valence-electron chi connectivity index (χ0n) is 10.3. The van der Waals surface area contributed by atoms with Crippen LogP contribution in [-0.2, 0) is 14.4 Å². The Morgan fingerprint density at radius 2 is 2.06 bits per heavy atom. The van der Waals surface area contributed by atoms with Gasteiger partial charge in [0, 0.05) is 0 Å². The smallest absolute Gasteiger partial charge is 0.325 e. The number of nitrogens with one attached hydrogen (secondary N) is 2. The molecule has 0 aliphatic carbocycles. The number of imide groups is 1. The summed E-state index contributed by atoms with van der Waals surface area (Å²) >= 11 is 0. The number of amides is 5. The van der Waals surface area contributed by atoms with Gasteiger partial charge in [0.1, 0.15) is 12.1 Å². The lowest BCUT2D eigenvalue weighted by atomic mass is 9.99. The van der Waals surface area contributed by atoms with Crippen LogP contribution in [0, 0.1) is 0 Å².